The first-order valence-electron chi connectivity index (χ1n) is 10.4. The molecule has 0 N–H and O–H groups in total. The highest BCUT2D eigenvalue weighted by atomic mass is 16.2. The van der Waals surface area contributed by atoms with E-state index in [1.807, 2.05) is 72.0 Å². The Morgan fingerprint density at radius 3 is 2.39 bits per heavy atom. The van der Waals surface area contributed by atoms with Crippen LogP contribution in [0.2, 0.25) is 0 Å². The molecule has 0 saturated heterocycles. The van der Waals surface area contributed by atoms with Crippen molar-refractivity contribution in [3.63, 3.8) is 0 Å². The lowest BCUT2D eigenvalue weighted by atomic mass is 10.2. The van der Waals surface area contributed by atoms with Crippen molar-refractivity contribution in [2.75, 3.05) is 6.54 Å². The normalized spacial score (nSPS) is 11.3. The molecule has 5 rings (SSSR count). The van der Waals surface area contributed by atoms with Crippen LogP contribution in [0.25, 0.3) is 27.9 Å². The molecule has 0 aliphatic carbocycles. The first kappa shape index (κ1) is 19.1. The van der Waals surface area contributed by atoms with E-state index in [-0.39, 0.29) is 5.91 Å². The molecular formula is C25H23N5O. The zero-order valence-electron chi connectivity index (χ0n) is 17.6. The standard InChI is InChI=1S/C25H23N5O/c1-3-29(17-18-10-5-4-6-11-18)24(31)22-16-21-23(30(22)25-26-14-9-15-27-25)19-12-7-8-13-20(19)28(21)2/h4-16H,3,17H2,1-2H3. The molecule has 2 aromatic carbocycles. The molecule has 0 aliphatic rings. The molecule has 0 unspecified atom stereocenters. The molecule has 6 heteroatoms. The number of carbonyl (C=O) groups is 1. The molecule has 3 aromatic heterocycles. The van der Waals surface area contributed by atoms with E-state index < -0.39 is 0 Å². The second-order valence-corrected chi connectivity index (χ2v) is 7.53. The van der Waals surface area contributed by atoms with Crippen LogP contribution in [-0.4, -0.2) is 36.5 Å². The van der Waals surface area contributed by atoms with Gasteiger partial charge in [0.25, 0.3) is 5.91 Å². The van der Waals surface area contributed by atoms with Gasteiger partial charge in [-0.05, 0) is 30.7 Å². The molecule has 3 heterocycles. The molecule has 0 spiro atoms. The Morgan fingerprint density at radius 2 is 1.65 bits per heavy atom. The SMILES string of the molecule is CCN(Cc1ccccc1)C(=O)c1cc2c(c3ccccc3n2C)n1-c1ncccn1. The third kappa shape index (κ3) is 3.17. The molecule has 0 aliphatic heterocycles. The lowest BCUT2D eigenvalue weighted by Crippen LogP contribution is -2.32. The number of benzene rings is 2. The minimum absolute atomic E-state index is 0.0425. The predicted molar refractivity (Wildman–Crippen MR) is 122 cm³/mol. The number of aromatic nitrogens is 4. The maximum atomic E-state index is 13.7. The largest absolute Gasteiger partial charge is 0.342 e. The Labute approximate surface area is 180 Å². The number of carbonyl (C=O) groups excluding carboxylic acids is 1. The third-order valence-corrected chi connectivity index (χ3v) is 5.72. The third-order valence-electron chi connectivity index (χ3n) is 5.72. The van der Waals surface area contributed by atoms with Crippen molar-refractivity contribution in [3.8, 4) is 5.95 Å². The quantitative estimate of drug-likeness (QED) is 0.427. The average molecular weight is 409 g/mol. The van der Waals surface area contributed by atoms with Crippen LogP contribution in [0.5, 0.6) is 0 Å². The Kier molecular flexibility index (Phi) is 4.75. The van der Waals surface area contributed by atoms with Gasteiger partial charge in [-0.25, -0.2) is 9.97 Å². The minimum atomic E-state index is -0.0425. The fraction of sp³-hybridized carbons (Fsp3) is 0.160. The number of nitrogens with zero attached hydrogens (tertiary/aromatic N) is 5. The fourth-order valence-electron chi connectivity index (χ4n) is 4.17. The molecule has 6 nitrogen and oxygen atoms in total. The maximum absolute atomic E-state index is 13.7. The monoisotopic (exact) mass is 409 g/mol. The second kappa shape index (κ2) is 7.72. The van der Waals surface area contributed by atoms with Crippen LogP contribution in [-0.2, 0) is 13.6 Å². The van der Waals surface area contributed by atoms with Gasteiger partial charge in [0, 0.05) is 37.9 Å². The number of rotatable bonds is 5. The van der Waals surface area contributed by atoms with Gasteiger partial charge in [-0.3, -0.25) is 9.36 Å². The van der Waals surface area contributed by atoms with Crippen molar-refractivity contribution >= 4 is 27.8 Å². The van der Waals surface area contributed by atoms with Gasteiger partial charge >= 0.3 is 0 Å². The van der Waals surface area contributed by atoms with E-state index in [2.05, 4.69) is 26.7 Å². The smallest absolute Gasteiger partial charge is 0.271 e. The van der Waals surface area contributed by atoms with E-state index in [1.54, 1.807) is 18.5 Å². The number of aryl methyl sites for hydroxylation is 1. The zero-order chi connectivity index (χ0) is 21.4. The summed E-state index contributed by atoms with van der Waals surface area (Å²) in [4.78, 5) is 24.5. The molecule has 0 atom stereocenters. The highest BCUT2D eigenvalue weighted by Crippen LogP contribution is 2.33. The Hall–Kier alpha value is -3.93. The molecule has 0 saturated carbocycles. The van der Waals surface area contributed by atoms with Crippen LogP contribution in [0.4, 0.5) is 0 Å². The summed E-state index contributed by atoms with van der Waals surface area (Å²) in [7, 11) is 2.02. The minimum Gasteiger partial charge on any atom is -0.342 e. The topological polar surface area (TPSA) is 56.0 Å². The summed E-state index contributed by atoms with van der Waals surface area (Å²) in [5, 5.41) is 1.07. The molecule has 0 bridgehead atoms. The van der Waals surface area contributed by atoms with E-state index in [4.69, 9.17) is 0 Å². The van der Waals surface area contributed by atoms with Crippen molar-refractivity contribution in [1.29, 1.82) is 0 Å². The first-order chi connectivity index (χ1) is 15.2. The number of hydrogen-bond acceptors (Lipinski definition) is 3. The van der Waals surface area contributed by atoms with E-state index in [0.717, 1.165) is 27.5 Å². The van der Waals surface area contributed by atoms with Crippen molar-refractivity contribution in [1.82, 2.24) is 24.0 Å². The van der Waals surface area contributed by atoms with Crippen LogP contribution in [0.3, 0.4) is 0 Å². The molecule has 5 aromatic rings. The highest BCUT2D eigenvalue weighted by molar-refractivity contribution is 6.10. The Morgan fingerprint density at radius 1 is 0.935 bits per heavy atom. The Balaban J connectivity index is 1.71. The lowest BCUT2D eigenvalue weighted by molar-refractivity contribution is 0.0744. The van der Waals surface area contributed by atoms with Gasteiger partial charge in [0.2, 0.25) is 5.95 Å². The molecule has 1 amide bonds. The number of amides is 1. The first-order valence-corrected chi connectivity index (χ1v) is 10.4. The molecular weight excluding hydrogens is 386 g/mol. The van der Waals surface area contributed by atoms with Crippen molar-refractivity contribution < 1.29 is 4.79 Å². The summed E-state index contributed by atoms with van der Waals surface area (Å²) < 4.78 is 4.02. The summed E-state index contributed by atoms with van der Waals surface area (Å²) in [5.41, 5.74) is 4.70. The van der Waals surface area contributed by atoms with E-state index in [9.17, 15) is 4.79 Å². The van der Waals surface area contributed by atoms with Gasteiger partial charge < -0.3 is 9.47 Å². The summed E-state index contributed by atoms with van der Waals surface area (Å²) in [6.45, 7) is 3.15. The number of para-hydroxylation sites is 1. The zero-order valence-corrected chi connectivity index (χ0v) is 17.6. The van der Waals surface area contributed by atoms with Gasteiger partial charge in [0.05, 0.1) is 16.6 Å². The van der Waals surface area contributed by atoms with Crippen molar-refractivity contribution in [2.24, 2.45) is 7.05 Å². The van der Waals surface area contributed by atoms with E-state index in [0.29, 0.717) is 24.7 Å². The van der Waals surface area contributed by atoms with Crippen LogP contribution in [0.15, 0.2) is 79.1 Å². The summed E-state index contributed by atoms with van der Waals surface area (Å²) in [6, 6.07) is 22.0. The van der Waals surface area contributed by atoms with Gasteiger partial charge in [0.15, 0.2) is 0 Å². The van der Waals surface area contributed by atoms with Gasteiger partial charge in [-0.15, -0.1) is 0 Å². The molecule has 154 valence electrons. The van der Waals surface area contributed by atoms with Crippen LogP contribution in [0, 0.1) is 0 Å². The maximum Gasteiger partial charge on any atom is 0.271 e. The van der Waals surface area contributed by atoms with Crippen molar-refractivity contribution in [2.45, 2.75) is 13.5 Å². The Bertz CT molecular complexity index is 1370. The van der Waals surface area contributed by atoms with Crippen molar-refractivity contribution in [3.05, 3.63) is 90.4 Å². The predicted octanol–water partition coefficient (Wildman–Crippen LogP) is 4.57. The van der Waals surface area contributed by atoms with Gasteiger partial charge in [0.1, 0.15) is 5.69 Å². The van der Waals surface area contributed by atoms with Crippen LogP contribution < -0.4 is 0 Å². The summed E-state index contributed by atoms with van der Waals surface area (Å²) >= 11 is 0. The average Bonchev–Trinajstić information content (AvgIpc) is 3.35. The lowest BCUT2D eigenvalue weighted by Gasteiger charge is -2.21. The second-order valence-electron chi connectivity index (χ2n) is 7.53. The summed E-state index contributed by atoms with van der Waals surface area (Å²) in [5.74, 6) is 0.451. The molecule has 0 fully saturated rings. The number of fused-ring (bicyclic) bond motifs is 3. The molecule has 31 heavy (non-hydrogen) atoms. The van der Waals surface area contributed by atoms with Crippen LogP contribution >= 0.6 is 0 Å². The highest BCUT2D eigenvalue weighted by Gasteiger charge is 2.25. The van der Waals surface area contributed by atoms with Crippen LogP contribution in [0.1, 0.15) is 23.0 Å². The van der Waals surface area contributed by atoms with E-state index >= 15 is 0 Å². The number of hydrogen-bond donors (Lipinski definition) is 0. The van der Waals surface area contributed by atoms with Gasteiger partial charge in [-0.2, -0.15) is 0 Å². The summed E-state index contributed by atoms with van der Waals surface area (Å²) in [6.07, 6.45) is 3.41. The van der Waals surface area contributed by atoms with Gasteiger partial charge in [-0.1, -0.05) is 48.5 Å². The molecule has 0 radical (unpaired) electrons. The van der Waals surface area contributed by atoms with E-state index in [1.165, 1.54) is 0 Å². The fourth-order valence-corrected chi connectivity index (χ4v) is 4.17.